The monoisotopic (exact) mass is 402 g/mol. The third-order valence-electron chi connectivity index (χ3n) is 4.05. The van der Waals surface area contributed by atoms with Gasteiger partial charge in [-0.25, -0.2) is 21.5 Å². The van der Waals surface area contributed by atoms with E-state index in [0.717, 1.165) is 5.56 Å². The highest BCUT2D eigenvalue weighted by Gasteiger charge is 2.34. The van der Waals surface area contributed by atoms with Gasteiger partial charge in [0.15, 0.2) is 0 Å². The Morgan fingerprint density at radius 2 is 1.58 bits per heavy atom. The SMILES string of the molecule is CCCCS(=O)(=O)N(Cn1nnc2cc(C)ccc21)S(=O)(=O)CCCC. The number of benzene rings is 1. The van der Waals surface area contributed by atoms with Crippen molar-refractivity contribution in [3.8, 4) is 0 Å². The maximum absolute atomic E-state index is 12.7. The fraction of sp³-hybridized carbons (Fsp3) is 0.625. The van der Waals surface area contributed by atoms with Gasteiger partial charge >= 0.3 is 0 Å². The number of fused-ring (bicyclic) bond motifs is 1. The lowest BCUT2D eigenvalue weighted by atomic mass is 10.2. The molecule has 2 rings (SSSR count). The van der Waals surface area contributed by atoms with Gasteiger partial charge < -0.3 is 0 Å². The van der Waals surface area contributed by atoms with Gasteiger partial charge in [-0.2, -0.15) is 0 Å². The summed E-state index contributed by atoms with van der Waals surface area (Å²) in [5.74, 6) is -0.415. The minimum Gasteiger partial charge on any atom is -0.228 e. The van der Waals surface area contributed by atoms with Crippen molar-refractivity contribution in [2.24, 2.45) is 0 Å². The molecule has 0 saturated heterocycles. The molecule has 0 saturated carbocycles. The third-order valence-corrected chi connectivity index (χ3v) is 8.49. The standard InChI is InChI=1S/C16H26N4O4S2/c1-4-6-10-25(21,22)20(26(23,24)11-7-5-2)13-19-16-9-8-14(3)12-15(16)17-18-19/h8-9,12H,4-7,10-11,13H2,1-3H3. The second kappa shape index (κ2) is 8.45. The van der Waals surface area contributed by atoms with E-state index in [1.54, 1.807) is 6.07 Å². The molecule has 10 heteroatoms. The van der Waals surface area contributed by atoms with E-state index in [0.29, 0.717) is 40.4 Å². The van der Waals surface area contributed by atoms with Crippen LogP contribution in [0.1, 0.15) is 45.1 Å². The first-order valence-electron chi connectivity index (χ1n) is 8.74. The number of nitrogens with zero attached hydrogens (tertiary/aromatic N) is 4. The summed E-state index contributed by atoms with van der Waals surface area (Å²) in [6.45, 7) is 5.24. The van der Waals surface area contributed by atoms with Crippen molar-refractivity contribution in [2.75, 3.05) is 11.5 Å². The van der Waals surface area contributed by atoms with Crippen LogP contribution < -0.4 is 0 Å². The highest BCUT2D eigenvalue weighted by Crippen LogP contribution is 2.18. The predicted octanol–water partition coefficient (Wildman–Crippen LogP) is 2.26. The second-order valence-electron chi connectivity index (χ2n) is 6.33. The van der Waals surface area contributed by atoms with E-state index >= 15 is 0 Å². The molecule has 0 atom stereocenters. The molecule has 0 aliphatic rings. The summed E-state index contributed by atoms with van der Waals surface area (Å²) in [5, 5.41) is 7.98. The molecule has 0 bridgehead atoms. The smallest absolute Gasteiger partial charge is 0.228 e. The Hall–Kier alpha value is -1.52. The van der Waals surface area contributed by atoms with Crippen LogP contribution in [0.25, 0.3) is 11.0 Å². The molecule has 0 spiro atoms. The molecule has 0 radical (unpaired) electrons. The van der Waals surface area contributed by atoms with Crippen molar-refractivity contribution >= 4 is 31.1 Å². The molecule has 0 unspecified atom stereocenters. The fourth-order valence-electron chi connectivity index (χ4n) is 2.50. The van der Waals surface area contributed by atoms with Crippen molar-refractivity contribution in [3.63, 3.8) is 0 Å². The van der Waals surface area contributed by atoms with E-state index < -0.39 is 26.7 Å². The molecule has 1 heterocycles. The molecule has 1 aromatic heterocycles. The van der Waals surface area contributed by atoms with Crippen molar-refractivity contribution < 1.29 is 16.8 Å². The minimum atomic E-state index is -3.97. The highest BCUT2D eigenvalue weighted by atomic mass is 32.3. The predicted molar refractivity (Wildman–Crippen MR) is 101 cm³/mol. The number of aromatic nitrogens is 3. The van der Waals surface area contributed by atoms with Crippen LogP contribution in [0.5, 0.6) is 0 Å². The fourth-order valence-corrected chi connectivity index (χ4v) is 6.62. The quantitative estimate of drug-likeness (QED) is 0.604. The Balaban J connectivity index is 2.43. The Kier molecular flexibility index (Phi) is 6.75. The van der Waals surface area contributed by atoms with E-state index in [2.05, 4.69) is 10.3 Å². The maximum Gasteiger partial charge on any atom is 0.228 e. The maximum atomic E-state index is 12.7. The van der Waals surface area contributed by atoms with Crippen LogP contribution in [0.15, 0.2) is 18.2 Å². The summed E-state index contributed by atoms with van der Waals surface area (Å²) in [4.78, 5) is 0. The molecule has 146 valence electrons. The van der Waals surface area contributed by atoms with Crippen LogP contribution in [0, 0.1) is 6.92 Å². The minimum absolute atomic E-state index is 0.208. The summed E-state index contributed by atoms with van der Waals surface area (Å²) in [6, 6.07) is 5.43. The van der Waals surface area contributed by atoms with Crippen LogP contribution in [0.3, 0.4) is 0 Å². The van der Waals surface area contributed by atoms with Gasteiger partial charge in [0.05, 0.1) is 17.0 Å². The topological polar surface area (TPSA) is 102 Å². The van der Waals surface area contributed by atoms with Gasteiger partial charge in [-0.3, -0.25) is 0 Å². The lowest BCUT2D eigenvalue weighted by Gasteiger charge is -2.22. The Labute approximate surface area is 155 Å². The molecule has 0 fully saturated rings. The number of rotatable bonds is 10. The summed E-state index contributed by atoms with van der Waals surface area (Å²) in [5.41, 5.74) is 2.19. The Bertz CT molecular complexity index is 914. The molecule has 0 amide bonds. The third kappa shape index (κ3) is 4.80. The van der Waals surface area contributed by atoms with E-state index in [9.17, 15) is 16.8 Å². The zero-order chi connectivity index (χ0) is 19.4. The summed E-state index contributed by atoms with van der Waals surface area (Å²) in [6.07, 6.45) is 2.13. The van der Waals surface area contributed by atoms with Gasteiger partial charge in [-0.15, -0.1) is 5.10 Å². The number of sulfonamides is 2. The molecule has 8 nitrogen and oxygen atoms in total. The molecule has 2 aromatic rings. The van der Waals surface area contributed by atoms with Crippen LogP contribution in [-0.2, 0) is 26.7 Å². The summed E-state index contributed by atoms with van der Waals surface area (Å²) >= 11 is 0. The van der Waals surface area contributed by atoms with E-state index in [-0.39, 0.29) is 11.5 Å². The Morgan fingerprint density at radius 1 is 1.00 bits per heavy atom. The van der Waals surface area contributed by atoms with Crippen molar-refractivity contribution in [3.05, 3.63) is 23.8 Å². The van der Waals surface area contributed by atoms with Gasteiger partial charge in [0.25, 0.3) is 0 Å². The van der Waals surface area contributed by atoms with Crippen LogP contribution in [0.4, 0.5) is 0 Å². The molecule has 0 aliphatic carbocycles. The van der Waals surface area contributed by atoms with Crippen LogP contribution in [-0.4, -0.2) is 47.0 Å². The largest absolute Gasteiger partial charge is 0.228 e. The van der Waals surface area contributed by atoms with Gasteiger partial charge in [0.1, 0.15) is 12.2 Å². The molecule has 26 heavy (non-hydrogen) atoms. The first-order chi connectivity index (χ1) is 12.2. The lowest BCUT2D eigenvalue weighted by Crippen LogP contribution is -2.41. The number of aryl methyl sites for hydroxylation is 1. The normalized spacial score (nSPS) is 12.9. The molecule has 1 aromatic carbocycles. The average Bonchev–Trinajstić information content (AvgIpc) is 2.97. The van der Waals surface area contributed by atoms with E-state index in [1.165, 1.54) is 4.68 Å². The summed E-state index contributed by atoms with van der Waals surface area (Å²) in [7, 11) is -7.94. The summed E-state index contributed by atoms with van der Waals surface area (Å²) < 4.78 is 52.7. The van der Waals surface area contributed by atoms with Crippen molar-refractivity contribution in [1.82, 2.24) is 18.7 Å². The van der Waals surface area contributed by atoms with E-state index in [4.69, 9.17) is 0 Å². The highest BCUT2D eigenvalue weighted by molar-refractivity contribution is 8.03. The van der Waals surface area contributed by atoms with Crippen molar-refractivity contribution in [1.29, 1.82) is 0 Å². The van der Waals surface area contributed by atoms with Crippen molar-refractivity contribution in [2.45, 2.75) is 53.1 Å². The number of hydrogen-bond acceptors (Lipinski definition) is 6. The van der Waals surface area contributed by atoms with Gasteiger partial charge in [-0.1, -0.05) is 41.7 Å². The lowest BCUT2D eigenvalue weighted by molar-refractivity contribution is 0.424. The van der Waals surface area contributed by atoms with Gasteiger partial charge in [-0.05, 0) is 37.5 Å². The zero-order valence-corrected chi connectivity index (χ0v) is 17.1. The van der Waals surface area contributed by atoms with Gasteiger partial charge in [0, 0.05) is 0 Å². The number of hydrogen-bond donors (Lipinski definition) is 0. The first-order valence-corrected chi connectivity index (χ1v) is 12.0. The van der Waals surface area contributed by atoms with Crippen LogP contribution >= 0.6 is 0 Å². The molecular weight excluding hydrogens is 376 g/mol. The number of unbranched alkanes of at least 4 members (excludes halogenated alkanes) is 2. The molecular formula is C16H26N4O4S2. The molecule has 0 aliphatic heterocycles. The van der Waals surface area contributed by atoms with Gasteiger partial charge in [0.2, 0.25) is 20.0 Å². The average molecular weight is 403 g/mol. The van der Waals surface area contributed by atoms with Crippen LogP contribution in [0.2, 0.25) is 0 Å². The second-order valence-corrected chi connectivity index (χ2v) is 10.6. The zero-order valence-electron chi connectivity index (χ0n) is 15.4. The first kappa shape index (κ1) is 20.8. The molecule has 0 N–H and O–H groups in total. The van der Waals surface area contributed by atoms with E-state index in [1.807, 2.05) is 32.9 Å². The Morgan fingerprint density at radius 3 is 2.12 bits per heavy atom.